The average molecular weight is 340 g/mol. The van der Waals surface area contributed by atoms with E-state index in [2.05, 4.69) is 21.2 Å². The van der Waals surface area contributed by atoms with E-state index in [0.717, 1.165) is 28.6 Å². The van der Waals surface area contributed by atoms with Gasteiger partial charge in [-0.2, -0.15) is 0 Å². The molecule has 2 rings (SSSR count). The van der Waals surface area contributed by atoms with E-state index >= 15 is 0 Å². The second-order valence-corrected chi connectivity index (χ2v) is 6.39. The standard InChI is InChI=1S/C15H18BrNO3/c1-10-4-5-11(16)8-12(10)17-13(18)9-15(14(19)20)6-2-3-7-15/h4-5,8H,2-3,6-7,9H2,1H3,(H,17,18)(H,19,20). The summed E-state index contributed by atoms with van der Waals surface area (Å²) in [6.07, 6.45) is 3.00. The van der Waals surface area contributed by atoms with E-state index < -0.39 is 11.4 Å². The summed E-state index contributed by atoms with van der Waals surface area (Å²) in [5.41, 5.74) is 0.810. The van der Waals surface area contributed by atoms with E-state index in [9.17, 15) is 14.7 Å². The number of anilines is 1. The lowest BCUT2D eigenvalue weighted by molar-refractivity contribution is -0.150. The van der Waals surface area contributed by atoms with Crippen molar-refractivity contribution >= 4 is 33.5 Å². The van der Waals surface area contributed by atoms with E-state index in [1.54, 1.807) is 0 Å². The van der Waals surface area contributed by atoms with Gasteiger partial charge in [-0.3, -0.25) is 9.59 Å². The van der Waals surface area contributed by atoms with Crippen molar-refractivity contribution in [2.45, 2.75) is 39.0 Å². The number of hydrogen-bond donors (Lipinski definition) is 2. The molecule has 1 amide bonds. The third-order valence-electron chi connectivity index (χ3n) is 3.99. The Morgan fingerprint density at radius 1 is 1.35 bits per heavy atom. The highest BCUT2D eigenvalue weighted by atomic mass is 79.9. The Bertz CT molecular complexity index is 536. The van der Waals surface area contributed by atoms with Crippen LogP contribution >= 0.6 is 15.9 Å². The van der Waals surface area contributed by atoms with Crippen LogP contribution in [0.15, 0.2) is 22.7 Å². The van der Waals surface area contributed by atoms with E-state index in [0.29, 0.717) is 12.8 Å². The molecule has 20 heavy (non-hydrogen) atoms. The number of halogens is 1. The lowest BCUT2D eigenvalue weighted by atomic mass is 9.82. The molecule has 0 atom stereocenters. The largest absolute Gasteiger partial charge is 0.481 e. The second-order valence-electron chi connectivity index (χ2n) is 5.48. The highest BCUT2D eigenvalue weighted by molar-refractivity contribution is 9.10. The molecule has 108 valence electrons. The fourth-order valence-corrected chi connectivity index (χ4v) is 3.11. The van der Waals surface area contributed by atoms with Crippen molar-refractivity contribution in [1.29, 1.82) is 0 Å². The van der Waals surface area contributed by atoms with Crippen LogP contribution in [0.1, 0.15) is 37.7 Å². The van der Waals surface area contributed by atoms with Crippen LogP contribution in [0, 0.1) is 12.3 Å². The van der Waals surface area contributed by atoms with Crippen LogP contribution in [0.4, 0.5) is 5.69 Å². The van der Waals surface area contributed by atoms with Gasteiger partial charge in [-0.15, -0.1) is 0 Å². The number of nitrogens with one attached hydrogen (secondary N) is 1. The molecule has 1 aromatic carbocycles. The van der Waals surface area contributed by atoms with Gasteiger partial charge >= 0.3 is 5.97 Å². The topological polar surface area (TPSA) is 66.4 Å². The molecule has 1 aliphatic carbocycles. The van der Waals surface area contributed by atoms with Crippen LogP contribution in [0.3, 0.4) is 0 Å². The first-order chi connectivity index (χ1) is 9.43. The van der Waals surface area contributed by atoms with Crippen molar-refractivity contribution in [3.63, 3.8) is 0 Å². The van der Waals surface area contributed by atoms with Gasteiger partial charge in [0.05, 0.1) is 5.41 Å². The molecule has 0 saturated heterocycles. The molecule has 0 bridgehead atoms. The second kappa shape index (κ2) is 5.95. The molecule has 0 radical (unpaired) electrons. The van der Waals surface area contributed by atoms with Crippen molar-refractivity contribution in [3.8, 4) is 0 Å². The maximum atomic E-state index is 12.2. The maximum absolute atomic E-state index is 12.2. The molecule has 5 heteroatoms. The minimum absolute atomic E-state index is 0.0499. The number of hydrogen-bond acceptors (Lipinski definition) is 2. The lowest BCUT2D eigenvalue weighted by Gasteiger charge is -2.23. The number of amides is 1. The number of carbonyl (C=O) groups excluding carboxylic acids is 1. The van der Waals surface area contributed by atoms with Crippen LogP contribution in [0.25, 0.3) is 0 Å². The third-order valence-corrected chi connectivity index (χ3v) is 4.48. The smallest absolute Gasteiger partial charge is 0.310 e. The molecule has 0 spiro atoms. The van der Waals surface area contributed by atoms with Gasteiger partial charge in [-0.05, 0) is 37.5 Å². The summed E-state index contributed by atoms with van der Waals surface area (Å²) in [6.45, 7) is 1.91. The van der Waals surface area contributed by atoms with Crippen molar-refractivity contribution < 1.29 is 14.7 Å². The van der Waals surface area contributed by atoms with Gasteiger partial charge < -0.3 is 10.4 Å². The number of carbonyl (C=O) groups is 2. The van der Waals surface area contributed by atoms with Crippen molar-refractivity contribution in [2.24, 2.45) is 5.41 Å². The first-order valence-electron chi connectivity index (χ1n) is 6.72. The first-order valence-corrected chi connectivity index (χ1v) is 7.52. The number of rotatable bonds is 4. The minimum atomic E-state index is -0.871. The quantitative estimate of drug-likeness (QED) is 0.878. The summed E-state index contributed by atoms with van der Waals surface area (Å²) >= 11 is 3.36. The minimum Gasteiger partial charge on any atom is -0.481 e. The number of carboxylic acid groups (broad SMARTS) is 1. The maximum Gasteiger partial charge on any atom is 0.310 e. The van der Waals surface area contributed by atoms with Crippen LogP contribution in [-0.4, -0.2) is 17.0 Å². The lowest BCUT2D eigenvalue weighted by Crippen LogP contribution is -2.32. The molecular weight excluding hydrogens is 322 g/mol. The fourth-order valence-electron chi connectivity index (χ4n) is 2.75. The van der Waals surface area contributed by atoms with Crippen LogP contribution in [0.5, 0.6) is 0 Å². The highest BCUT2D eigenvalue weighted by Gasteiger charge is 2.42. The van der Waals surface area contributed by atoms with Gasteiger partial charge in [0.1, 0.15) is 0 Å². The number of aliphatic carboxylic acids is 1. The molecule has 0 aromatic heterocycles. The summed E-state index contributed by atoms with van der Waals surface area (Å²) in [6, 6.07) is 5.64. The predicted octanol–water partition coefficient (Wildman–Crippen LogP) is 3.73. The van der Waals surface area contributed by atoms with Crippen LogP contribution in [0.2, 0.25) is 0 Å². The summed E-state index contributed by atoms with van der Waals surface area (Å²) in [7, 11) is 0. The average Bonchev–Trinajstić information content (AvgIpc) is 2.83. The van der Waals surface area contributed by atoms with Gasteiger partial charge in [0.2, 0.25) is 5.91 Å². The van der Waals surface area contributed by atoms with E-state index in [1.807, 2.05) is 25.1 Å². The summed E-state index contributed by atoms with van der Waals surface area (Å²) in [5.74, 6) is -1.08. The van der Waals surface area contributed by atoms with Crippen LogP contribution in [-0.2, 0) is 9.59 Å². The molecule has 1 fully saturated rings. The Morgan fingerprint density at radius 3 is 2.60 bits per heavy atom. The van der Waals surface area contributed by atoms with Gasteiger partial charge in [0.15, 0.2) is 0 Å². The SMILES string of the molecule is Cc1ccc(Br)cc1NC(=O)CC1(C(=O)O)CCCC1. The highest BCUT2D eigenvalue weighted by Crippen LogP contribution is 2.41. The number of aryl methyl sites for hydroxylation is 1. The molecule has 0 heterocycles. The zero-order valence-corrected chi connectivity index (χ0v) is 13.0. The monoisotopic (exact) mass is 339 g/mol. The normalized spacial score (nSPS) is 16.9. The Hall–Kier alpha value is -1.36. The molecule has 4 nitrogen and oxygen atoms in total. The Balaban J connectivity index is 2.08. The number of carboxylic acids is 1. The predicted molar refractivity (Wildman–Crippen MR) is 80.7 cm³/mol. The van der Waals surface area contributed by atoms with Gasteiger partial charge in [-0.1, -0.05) is 34.8 Å². The fraction of sp³-hybridized carbons (Fsp3) is 0.467. The van der Waals surface area contributed by atoms with Gasteiger partial charge in [0.25, 0.3) is 0 Å². The summed E-state index contributed by atoms with van der Waals surface area (Å²) in [5, 5.41) is 12.2. The first kappa shape index (κ1) is 15.0. The van der Waals surface area contributed by atoms with E-state index in [-0.39, 0.29) is 12.3 Å². The molecule has 1 aliphatic rings. The zero-order chi connectivity index (χ0) is 14.8. The molecule has 0 unspecified atom stereocenters. The van der Waals surface area contributed by atoms with Crippen molar-refractivity contribution in [2.75, 3.05) is 5.32 Å². The van der Waals surface area contributed by atoms with E-state index in [4.69, 9.17) is 0 Å². The third kappa shape index (κ3) is 3.20. The van der Waals surface area contributed by atoms with Gasteiger partial charge in [0, 0.05) is 16.6 Å². The molecule has 1 saturated carbocycles. The summed E-state index contributed by atoms with van der Waals surface area (Å²) < 4.78 is 0.882. The molecule has 1 aromatic rings. The Labute approximate surface area is 126 Å². The summed E-state index contributed by atoms with van der Waals surface area (Å²) in [4.78, 5) is 23.6. The molecular formula is C15H18BrNO3. The number of benzene rings is 1. The van der Waals surface area contributed by atoms with E-state index in [1.165, 1.54) is 0 Å². The van der Waals surface area contributed by atoms with Crippen molar-refractivity contribution in [3.05, 3.63) is 28.2 Å². The molecule has 0 aliphatic heterocycles. The van der Waals surface area contributed by atoms with Crippen LogP contribution < -0.4 is 5.32 Å². The molecule has 2 N–H and O–H groups in total. The Kier molecular flexibility index (Phi) is 4.48. The van der Waals surface area contributed by atoms with Gasteiger partial charge in [-0.25, -0.2) is 0 Å². The van der Waals surface area contributed by atoms with Crippen molar-refractivity contribution in [1.82, 2.24) is 0 Å². The zero-order valence-electron chi connectivity index (χ0n) is 11.4. The Morgan fingerprint density at radius 2 is 2.00 bits per heavy atom.